The molecule has 1 aliphatic rings. The first-order valence-corrected chi connectivity index (χ1v) is 12.2. The fourth-order valence-corrected chi connectivity index (χ4v) is 4.94. The van der Waals surface area contributed by atoms with Crippen LogP contribution in [0, 0.1) is 10.1 Å². The molecule has 1 aromatic heterocycles. The van der Waals surface area contributed by atoms with Gasteiger partial charge in [-0.2, -0.15) is 0 Å². The summed E-state index contributed by atoms with van der Waals surface area (Å²) in [6.07, 6.45) is 7.52. The Kier molecular flexibility index (Phi) is 7.42. The summed E-state index contributed by atoms with van der Waals surface area (Å²) in [5.41, 5.74) is 1.77. The van der Waals surface area contributed by atoms with Gasteiger partial charge in [0.2, 0.25) is 5.91 Å². The summed E-state index contributed by atoms with van der Waals surface area (Å²) in [6.45, 7) is 2.19. The van der Waals surface area contributed by atoms with E-state index in [-0.39, 0.29) is 16.9 Å². The van der Waals surface area contributed by atoms with Crippen molar-refractivity contribution in [3.8, 4) is 0 Å². The maximum atomic E-state index is 13.3. The predicted octanol–water partition coefficient (Wildman–Crippen LogP) is 5.31. The molecule has 34 heavy (non-hydrogen) atoms. The van der Waals surface area contributed by atoms with Crippen LogP contribution in [0.5, 0.6) is 0 Å². The molecule has 1 aliphatic carbocycles. The Labute approximate surface area is 201 Å². The van der Waals surface area contributed by atoms with Crippen LogP contribution in [0.1, 0.15) is 39.0 Å². The Morgan fingerprint density at radius 1 is 1.21 bits per heavy atom. The number of nitrogens with one attached hydrogen (secondary N) is 1. The lowest BCUT2D eigenvalue weighted by atomic mass is 9.97. The van der Waals surface area contributed by atoms with Gasteiger partial charge in [-0.3, -0.25) is 24.3 Å². The van der Waals surface area contributed by atoms with Crippen LogP contribution in [0.15, 0.2) is 70.1 Å². The third kappa shape index (κ3) is 5.36. The third-order valence-corrected chi connectivity index (χ3v) is 6.97. The minimum absolute atomic E-state index is 0.129. The molecule has 2 aromatic carbocycles. The molecule has 1 heterocycles. The highest BCUT2D eigenvalue weighted by molar-refractivity contribution is 8.00. The molecule has 1 amide bonds. The number of nitro benzene ring substituents is 1. The highest BCUT2D eigenvalue weighted by Crippen LogP contribution is 2.28. The number of benzene rings is 2. The second kappa shape index (κ2) is 10.6. The lowest BCUT2D eigenvalue weighted by Gasteiger charge is -2.18. The number of allylic oxidation sites excluding steroid dienone is 2. The third-order valence-electron chi connectivity index (χ3n) is 5.88. The van der Waals surface area contributed by atoms with Crippen molar-refractivity contribution in [3.05, 3.63) is 80.6 Å². The summed E-state index contributed by atoms with van der Waals surface area (Å²) in [4.78, 5) is 41.6. The summed E-state index contributed by atoms with van der Waals surface area (Å²) in [5, 5.41) is 14.3. The maximum Gasteiger partial charge on any atom is 0.292 e. The van der Waals surface area contributed by atoms with E-state index in [1.807, 2.05) is 12.1 Å². The number of nitro groups is 1. The predicted molar refractivity (Wildman–Crippen MR) is 134 cm³/mol. The van der Waals surface area contributed by atoms with Crippen LogP contribution in [0.4, 0.5) is 11.4 Å². The molecule has 0 bridgehead atoms. The fraction of sp³-hybridized carbons (Fsp3) is 0.320. The van der Waals surface area contributed by atoms with Crippen LogP contribution < -0.4 is 10.9 Å². The first kappa shape index (κ1) is 23.7. The lowest BCUT2D eigenvalue weighted by Crippen LogP contribution is -2.27. The van der Waals surface area contributed by atoms with Gasteiger partial charge in [0.1, 0.15) is 5.69 Å². The minimum atomic E-state index is -0.631. The maximum absolute atomic E-state index is 13.3. The second-order valence-corrected chi connectivity index (χ2v) is 9.56. The molecule has 3 aromatic rings. The van der Waals surface area contributed by atoms with E-state index < -0.39 is 16.1 Å². The zero-order valence-electron chi connectivity index (χ0n) is 18.9. The smallest absolute Gasteiger partial charge is 0.292 e. The Hall–Kier alpha value is -3.46. The summed E-state index contributed by atoms with van der Waals surface area (Å²) >= 11 is 1.18. The monoisotopic (exact) mass is 478 g/mol. The van der Waals surface area contributed by atoms with Gasteiger partial charge >= 0.3 is 0 Å². The van der Waals surface area contributed by atoms with Crippen LogP contribution in [-0.4, -0.2) is 25.6 Å². The molecule has 1 N–H and O–H groups in total. The van der Waals surface area contributed by atoms with Crippen molar-refractivity contribution in [2.45, 2.75) is 56.0 Å². The molecule has 0 saturated heterocycles. The molecule has 8 nitrogen and oxygen atoms in total. The minimum Gasteiger partial charge on any atom is -0.319 e. The van der Waals surface area contributed by atoms with E-state index in [1.54, 1.807) is 35.8 Å². The number of fused-ring (bicyclic) bond motifs is 1. The number of hydrogen-bond donors (Lipinski definition) is 1. The van der Waals surface area contributed by atoms with Gasteiger partial charge in [0.25, 0.3) is 11.2 Å². The lowest BCUT2D eigenvalue weighted by molar-refractivity contribution is -0.383. The molecular weight excluding hydrogens is 452 g/mol. The molecule has 176 valence electrons. The molecule has 0 aliphatic heterocycles. The number of carbonyl (C=O) groups excluding carboxylic acids is 1. The van der Waals surface area contributed by atoms with E-state index in [4.69, 9.17) is 4.98 Å². The first-order valence-electron chi connectivity index (χ1n) is 11.3. The number of aromatic nitrogens is 2. The van der Waals surface area contributed by atoms with Gasteiger partial charge in [-0.15, -0.1) is 0 Å². The quantitative estimate of drug-likeness (QED) is 0.154. The topological polar surface area (TPSA) is 107 Å². The average molecular weight is 479 g/mol. The normalized spacial score (nSPS) is 14.4. The zero-order chi connectivity index (χ0) is 24.1. The van der Waals surface area contributed by atoms with Gasteiger partial charge in [-0.05, 0) is 57.2 Å². The van der Waals surface area contributed by atoms with Gasteiger partial charge in [0, 0.05) is 12.6 Å². The van der Waals surface area contributed by atoms with Crippen molar-refractivity contribution in [3.63, 3.8) is 0 Å². The molecule has 0 fully saturated rings. The molecular formula is C25H26N4O4S. The number of anilines is 1. The van der Waals surface area contributed by atoms with Gasteiger partial charge in [-0.25, -0.2) is 4.98 Å². The van der Waals surface area contributed by atoms with Gasteiger partial charge in [-0.1, -0.05) is 47.7 Å². The molecule has 0 spiro atoms. The van der Waals surface area contributed by atoms with Crippen molar-refractivity contribution in [1.29, 1.82) is 0 Å². The number of thioether (sulfide) groups is 1. The number of rotatable bonds is 8. The van der Waals surface area contributed by atoms with Crippen molar-refractivity contribution >= 4 is 39.9 Å². The molecule has 1 atom stereocenters. The first-order chi connectivity index (χ1) is 16.4. The van der Waals surface area contributed by atoms with Gasteiger partial charge in [0.15, 0.2) is 5.16 Å². The highest BCUT2D eigenvalue weighted by Gasteiger charge is 2.22. The molecule has 0 radical (unpaired) electrons. The van der Waals surface area contributed by atoms with Crippen LogP contribution >= 0.6 is 11.8 Å². The van der Waals surface area contributed by atoms with Crippen molar-refractivity contribution < 1.29 is 9.72 Å². The Bertz CT molecular complexity index is 1320. The summed E-state index contributed by atoms with van der Waals surface area (Å²) < 4.78 is 1.65. The highest BCUT2D eigenvalue weighted by atomic mass is 32.2. The fourth-order valence-electron chi connectivity index (χ4n) is 4.01. The number of carbonyl (C=O) groups is 1. The Morgan fingerprint density at radius 2 is 1.97 bits per heavy atom. The van der Waals surface area contributed by atoms with E-state index in [0.29, 0.717) is 22.6 Å². The summed E-state index contributed by atoms with van der Waals surface area (Å²) in [6, 6.07) is 13.2. The average Bonchev–Trinajstić information content (AvgIpc) is 2.84. The number of hydrogen-bond acceptors (Lipinski definition) is 6. The van der Waals surface area contributed by atoms with E-state index in [2.05, 4.69) is 11.4 Å². The van der Waals surface area contributed by atoms with Crippen molar-refractivity contribution in [1.82, 2.24) is 9.55 Å². The van der Waals surface area contributed by atoms with Gasteiger partial charge in [0.05, 0.1) is 21.1 Å². The zero-order valence-corrected chi connectivity index (χ0v) is 19.7. The van der Waals surface area contributed by atoms with Crippen molar-refractivity contribution in [2.24, 2.45) is 0 Å². The standard InChI is InChI=1S/C25H26N4O4S/c1-17(23(30)26-21-13-7-8-14-22(21)29(32)33)34-25-27-20-12-6-5-11-19(20)24(31)28(25)16-15-18-9-3-2-4-10-18/h5-9,11-14,17H,2-4,10,15-16H2,1H3,(H,26,30). The van der Waals surface area contributed by atoms with E-state index >= 15 is 0 Å². The molecule has 4 rings (SSSR count). The van der Waals surface area contributed by atoms with Crippen LogP contribution in [0.25, 0.3) is 10.9 Å². The van der Waals surface area contributed by atoms with Gasteiger partial charge < -0.3 is 5.32 Å². The Morgan fingerprint density at radius 3 is 2.74 bits per heavy atom. The number of amides is 1. The van der Waals surface area contributed by atoms with Crippen LogP contribution in [0.2, 0.25) is 0 Å². The molecule has 9 heteroatoms. The Balaban J connectivity index is 1.59. The number of para-hydroxylation sites is 3. The van der Waals surface area contributed by atoms with E-state index in [9.17, 15) is 19.7 Å². The molecule has 0 saturated carbocycles. The van der Waals surface area contributed by atoms with Crippen molar-refractivity contribution in [2.75, 3.05) is 5.32 Å². The second-order valence-electron chi connectivity index (χ2n) is 8.25. The summed E-state index contributed by atoms with van der Waals surface area (Å²) in [5.74, 6) is -0.400. The summed E-state index contributed by atoms with van der Waals surface area (Å²) in [7, 11) is 0. The van der Waals surface area contributed by atoms with E-state index in [1.165, 1.54) is 42.3 Å². The largest absolute Gasteiger partial charge is 0.319 e. The van der Waals surface area contributed by atoms with Crippen LogP contribution in [0.3, 0.4) is 0 Å². The van der Waals surface area contributed by atoms with Crippen LogP contribution in [-0.2, 0) is 11.3 Å². The SMILES string of the molecule is CC(Sc1nc2ccccc2c(=O)n1CCC1=CCCCC1)C(=O)Nc1ccccc1[N+](=O)[O-]. The number of nitrogens with zero attached hydrogens (tertiary/aromatic N) is 3. The van der Waals surface area contributed by atoms with E-state index in [0.717, 1.165) is 19.3 Å². The molecule has 1 unspecified atom stereocenters.